The van der Waals surface area contributed by atoms with Gasteiger partial charge in [0.2, 0.25) is 0 Å². The van der Waals surface area contributed by atoms with Crippen molar-refractivity contribution in [3.05, 3.63) is 32.4 Å². The molecule has 0 heterocycles. The minimum atomic E-state index is -0.113. The molecule has 1 atom stereocenters. The summed E-state index contributed by atoms with van der Waals surface area (Å²) in [5, 5.41) is 3.52. The van der Waals surface area contributed by atoms with Gasteiger partial charge in [-0.2, -0.15) is 0 Å². The quantitative estimate of drug-likeness (QED) is 0.722. The van der Waals surface area contributed by atoms with Gasteiger partial charge in [0.05, 0.1) is 5.56 Å². The lowest BCUT2D eigenvalue weighted by atomic mass is 10.0. The van der Waals surface area contributed by atoms with Crippen molar-refractivity contribution in [3.8, 4) is 0 Å². The predicted molar refractivity (Wildman–Crippen MR) is 91.2 cm³/mol. The molecule has 0 aliphatic heterocycles. The number of carbonyl (C=O) groups excluding carboxylic acids is 1. The largest absolute Gasteiger partial charge is 0.348 e. The Morgan fingerprint density at radius 3 is 2.63 bits per heavy atom. The third-order valence-electron chi connectivity index (χ3n) is 2.55. The van der Waals surface area contributed by atoms with Gasteiger partial charge in [0.1, 0.15) is 0 Å². The normalized spacial score (nSPS) is 11.9. The van der Waals surface area contributed by atoms with Crippen molar-refractivity contribution in [2.75, 3.05) is 6.54 Å². The molecule has 0 aliphatic carbocycles. The van der Waals surface area contributed by atoms with Gasteiger partial charge in [-0.05, 0) is 53.1 Å². The van der Waals surface area contributed by atoms with Gasteiger partial charge in [0.25, 0.3) is 5.91 Å². The summed E-state index contributed by atoms with van der Waals surface area (Å²) >= 11 is 8.03. The van der Waals surface area contributed by atoms with Gasteiger partial charge < -0.3 is 11.1 Å². The maximum atomic E-state index is 12.1. The third-order valence-corrected chi connectivity index (χ3v) is 3.72. The van der Waals surface area contributed by atoms with Crippen LogP contribution in [-0.2, 0) is 0 Å². The highest BCUT2D eigenvalue weighted by Gasteiger charge is 2.16. The summed E-state index contributed by atoms with van der Waals surface area (Å²) in [4.78, 5) is 12.1. The van der Waals surface area contributed by atoms with Crippen LogP contribution in [0.25, 0.3) is 0 Å². The van der Waals surface area contributed by atoms with Gasteiger partial charge in [-0.15, -0.1) is 12.4 Å². The highest BCUT2D eigenvalue weighted by molar-refractivity contribution is 14.1. The van der Waals surface area contributed by atoms with E-state index in [2.05, 4.69) is 41.8 Å². The second-order valence-electron chi connectivity index (χ2n) is 4.66. The SMILES string of the molecule is CC(C)CC(CN)NC(=O)c1cc(Cl)ccc1I.Cl. The molecule has 0 saturated carbocycles. The van der Waals surface area contributed by atoms with Crippen LogP contribution in [0.2, 0.25) is 5.02 Å². The molecule has 0 bridgehead atoms. The van der Waals surface area contributed by atoms with Gasteiger partial charge in [0.15, 0.2) is 0 Å². The van der Waals surface area contributed by atoms with Gasteiger partial charge in [0, 0.05) is 21.2 Å². The number of benzene rings is 1. The van der Waals surface area contributed by atoms with Crippen molar-refractivity contribution in [2.45, 2.75) is 26.3 Å². The summed E-state index contributed by atoms with van der Waals surface area (Å²) in [5.41, 5.74) is 6.27. The van der Waals surface area contributed by atoms with Crippen LogP contribution in [0.1, 0.15) is 30.6 Å². The van der Waals surface area contributed by atoms with E-state index in [9.17, 15) is 4.79 Å². The number of nitrogens with one attached hydrogen (secondary N) is 1. The van der Waals surface area contributed by atoms with Crippen LogP contribution in [-0.4, -0.2) is 18.5 Å². The van der Waals surface area contributed by atoms with Crippen LogP contribution in [0, 0.1) is 9.49 Å². The Kier molecular flexibility index (Phi) is 8.98. The van der Waals surface area contributed by atoms with Crippen molar-refractivity contribution in [1.82, 2.24) is 5.32 Å². The Balaban J connectivity index is 0.00000324. The first-order valence-corrected chi connectivity index (χ1v) is 7.35. The lowest BCUT2D eigenvalue weighted by molar-refractivity contribution is 0.0933. The second kappa shape index (κ2) is 9.00. The number of carbonyl (C=O) groups is 1. The molecule has 0 spiro atoms. The van der Waals surface area contributed by atoms with E-state index in [4.69, 9.17) is 17.3 Å². The summed E-state index contributed by atoms with van der Waals surface area (Å²) in [6, 6.07) is 5.29. The molecule has 19 heavy (non-hydrogen) atoms. The van der Waals surface area contributed by atoms with Crippen LogP contribution in [0.4, 0.5) is 0 Å². The average molecular weight is 417 g/mol. The highest BCUT2D eigenvalue weighted by atomic mass is 127. The molecule has 108 valence electrons. The van der Waals surface area contributed by atoms with E-state index in [1.807, 2.05) is 6.07 Å². The van der Waals surface area contributed by atoms with E-state index in [1.54, 1.807) is 12.1 Å². The summed E-state index contributed by atoms with van der Waals surface area (Å²) in [5.74, 6) is 0.385. The molecule has 3 N–H and O–H groups in total. The Hall–Kier alpha value is -0.0400. The average Bonchev–Trinajstić information content (AvgIpc) is 2.30. The van der Waals surface area contributed by atoms with Gasteiger partial charge in [-0.1, -0.05) is 25.4 Å². The standard InChI is InChI=1S/C13H18ClIN2O.ClH/c1-8(2)5-10(7-16)17-13(18)11-6-9(14)3-4-12(11)15;/h3-4,6,8,10H,5,7,16H2,1-2H3,(H,17,18);1H. The first kappa shape index (κ1) is 19.0. The van der Waals surface area contributed by atoms with Crippen molar-refractivity contribution in [3.63, 3.8) is 0 Å². The zero-order valence-corrected chi connectivity index (χ0v) is 14.7. The van der Waals surface area contributed by atoms with E-state index < -0.39 is 0 Å². The van der Waals surface area contributed by atoms with E-state index in [0.717, 1.165) is 9.99 Å². The molecule has 1 unspecified atom stereocenters. The Morgan fingerprint density at radius 1 is 1.47 bits per heavy atom. The molecule has 6 heteroatoms. The Bertz CT molecular complexity index is 427. The van der Waals surface area contributed by atoms with Crippen molar-refractivity contribution in [1.29, 1.82) is 0 Å². The Morgan fingerprint density at radius 2 is 2.11 bits per heavy atom. The summed E-state index contributed by atoms with van der Waals surface area (Å²) in [7, 11) is 0. The number of halogens is 3. The van der Waals surface area contributed by atoms with Crippen LogP contribution in [0.5, 0.6) is 0 Å². The Labute approximate surface area is 139 Å². The van der Waals surface area contributed by atoms with Gasteiger partial charge in [-0.3, -0.25) is 4.79 Å². The highest BCUT2D eigenvalue weighted by Crippen LogP contribution is 2.18. The fourth-order valence-electron chi connectivity index (χ4n) is 1.72. The van der Waals surface area contributed by atoms with E-state index in [-0.39, 0.29) is 24.4 Å². The van der Waals surface area contributed by atoms with Crippen LogP contribution >= 0.6 is 46.6 Å². The minimum Gasteiger partial charge on any atom is -0.348 e. The van der Waals surface area contributed by atoms with E-state index in [0.29, 0.717) is 23.0 Å². The molecule has 1 rings (SSSR count). The molecule has 0 aromatic heterocycles. The van der Waals surface area contributed by atoms with Crippen molar-refractivity contribution >= 4 is 52.5 Å². The number of nitrogens with two attached hydrogens (primary N) is 1. The second-order valence-corrected chi connectivity index (χ2v) is 6.26. The number of hydrogen-bond donors (Lipinski definition) is 2. The maximum absolute atomic E-state index is 12.1. The first-order valence-electron chi connectivity index (χ1n) is 5.90. The van der Waals surface area contributed by atoms with E-state index >= 15 is 0 Å². The van der Waals surface area contributed by atoms with Crippen LogP contribution < -0.4 is 11.1 Å². The molecule has 0 saturated heterocycles. The fraction of sp³-hybridized carbons (Fsp3) is 0.462. The van der Waals surface area contributed by atoms with Crippen LogP contribution in [0.3, 0.4) is 0 Å². The molecular formula is C13H19Cl2IN2O. The summed E-state index contributed by atoms with van der Waals surface area (Å²) < 4.78 is 0.884. The molecule has 1 aromatic carbocycles. The zero-order valence-electron chi connectivity index (χ0n) is 11.0. The van der Waals surface area contributed by atoms with Gasteiger partial charge in [-0.25, -0.2) is 0 Å². The predicted octanol–water partition coefficient (Wildman–Crippen LogP) is 3.47. The smallest absolute Gasteiger partial charge is 0.252 e. The van der Waals surface area contributed by atoms with Crippen molar-refractivity contribution < 1.29 is 4.79 Å². The van der Waals surface area contributed by atoms with Crippen LogP contribution in [0.15, 0.2) is 18.2 Å². The number of rotatable bonds is 5. The lowest BCUT2D eigenvalue weighted by Gasteiger charge is -2.19. The first-order chi connectivity index (χ1) is 8.43. The van der Waals surface area contributed by atoms with Crippen molar-refractivity contribution in [2.24, 2.45) is 11.7 Å². The molecular weight excluding hydrogens is 398 g/mol. The third kappa shape index (κ3) is 6.29. The molecule has 1 amide bonds. The minimum absolute atomic E-state index is 0. The van der Waals surface area contributed by atoms with E-state index in [1.165, 1.54) is 0 Å². The summed E-state index contributed by atoms with van der Waals surface area (Å²) in [6.07, 6.45) is 0.874. The topological polar surface area (TPSA) is 55.1 Å². The summed E-state index contributed by atoms with van der Waals surface area (Å²) in [6.45, 7) is 4.66. The number of amides is 1. The zero-order chi connectivity index (χ0) is 13.7. The molecule has 0 radical (unpaired) electrons. The van der Waals surface area contributed by atoms with Gasteiger partial charge >= 0.3 is 0 Å². The molecule has 1 aromatic rings. The molecule has 0 fully saturated rings. The lowest BCUT2D eigenvalue weighted by Crippen LogP contribution is -2.41. The fourth-order valence-corrected chi connectivity index (χ4v) is 2.47. The molecule has 3 nitrogen and oxygen atoms in total. The maximum Gasteiger partial charge on any atom is 0.252 e. The monoisotopic (exact) mass is 416 g/mol. The number of hydrogen-bond acceptors (Lipinski definition) is 2. The molecule has 0 aliphatic rings.